The minimum Gasteiger partial charge on any atom is -0.330 e. The number of urea groups is 1. The van der Waals surface area contributed by atoms with Gasteiger partial charge in [-0.05, 0) is 37.6 Å². The molecule has 1 aromatic rings. The van der Waals surface area contributed by atoms with Gasteiger partial charge in [0, 0.05) is 26.3 Å². The maximum Gasteiger partial charge on any atom is 0.323 e. The fourth-order valence-electron chi connectivity index (χ4n) is 1.62. The maximum absolute atomic E-state index is 12.1. The number of rotatable bonds is 4. The summed E-state index contributed by atoms with van der Waals surface area (Å²) in [5.41, 5.74) is 7.58. The number of anilines is 1. The lowest BCUT2D eigenvalue weighted by molar-refractivity contribution is 0.224. The van der Waals surface area contributed by atoms with Crippen LogP contribution in [-0.2, 0) is 0 Å². The fourth-order valence-corrected chi connectivity index (χ4v) is 1.62. The van der Waals surface area contributed by atoms with Gasteiger partial charge in [-0.15, -0.1) is 0 Å². The first-order chi connectivity index (χ1) is 8.06. The minimum atomic E-state index is -0.0101. The summed E-state index contributed by atoms with van der Waals surface area (Å²) in [5, 5.41) is 0. The zero-order chi connectivity index (χ0) is 12.8. The highest BCUT2D eigenvalue weighted by molar-refractivity contribution is 5.91. The number of carbonyl (C=O) groups excluding carboxylic acids is 1. The molecule has 0 atom stereocenters. The van der Waals surface area contributed by atoms with E-state index in [1.54, 1.807) is 23.9 Å². The Balaban J connectivity index is 2.93. The molecule has 1 rings (SSSR count). The first-order valence-electron chi connectivity index (χ1n) is 5.82. The van der Waals surface area contributed by atoms with Gasteiger partial charge in [-0.2, -0.15) is 0 Å². The molecule has 0 unspecified atom stereocenters. The monoisotopic (exact) mass is 235 g/mol. The molecule has 0 aliphatic rings. The lowest BCUT2D eigenvalue weighted by Gasteiger charge is -2.26. The second-order valence-electron chi connectivity index (χ2n) is 4.31. The molecule has 0 aromatic heterocycles. The summed E-state index contributed by atoms with van der Waals surface area (Å²) in [6, 6.07) is 7.93. The number of benzene rings is 1. The van der Waals surface area contributed by atoms with E-state index >= 15 is 0 Å². The first kappa shape index (κ1) is 13.5. The molecule has 0 aliphatic heterocycles. The summed E-state index contributed by atoms with van der Waals surface area (Å²) in [6.45, 7) is 3.25. The quantitative estimate of drug-likeness (QED) is 0.865. The molecule has 2 N–H and O–H groups in total. The van der Waals surface area contributed by atoms with Crippen LogP contribution in [-0.4, -0.2) is 38.1 Å². The molecule has 17 heavy (non-hydrogen) atoms. The Bertz CT molecular complexity index is 377. The van der Waals surface area contributed by atoms with Gasteiger partial charge in [0.15, 0.2) is 0 Å². The van der Waals surface area contributed by atoms with E-state index in [1.807, 2.05) is 31.2 Å². The first-order valence-corrected chi connectivity index (χ1v) is 5.82. The van der Waals surface area contributed by atoms with Gasteiger partial charge in [-0.25, -0.2) is 4.79 Å². The average molecular weight is 235 g/mol. The van der Waals surface area contributed by atoms with Crippen LogP contribution in [0.15, 0.2) is 24.3 Å². The van der Waals surface area contributed by atoms with Crippen molar-refractivity contribution in [3.05, 3.63) is 29.8 Å². The highest BCUT2D eigenvalue weighted by Crippen LogP contribution is 2.17. The number of hydrogen-bond acceptors (Lipinski definition) is 2. The Labute approximate surface area is 103 Å². The van der Waals surface area contributed by atoms with Crippen LogP contribution in [0.5, 0.6) is 0 Å². The Kier molecular flexibility index (Phi) is 4.97. The summed E-state index contributed by atoms with van der Waals surface area (Å²) in [7, 11) is 3.52. The van der Waals surface area contributed by atoms with Crippen molar-refractivity contribution in [1.82, 2.24) is 4.90 Å². The SMILES string of the molecule is Cc1cccc(N(CCCN)C(=O)N(C)C)c1. The number of aryl methyl sites for hydroxylation is 1. The standard InChI is InChI=1S/C13H21N3O/c1-11-6-4-7-12(10-11)16(9-5-8-14)13(17)15(2)3/h4,6-7,10H,5,8-9,14H2,1-3H3. The van der Waals surface area contributed by atoms with E-state index in [0.717, 1.165) is 17.7 Å². The normalized spacial score (nSPS) is 10.1. The Morgan fingerprint density at radius 1 is 1.35 bits per heavy atom. The lowest BCUT2D eigenvalue weighted by Crippen LogP contribution is -2.40. The molecule has 0 radical (unpaired) electrons. The Morgan fingerprint density at radius 3 is 2.59 bits per heavy atom. The summed E-state index contributed by atoms with van der Waals surface area (Å²) in [4.78, 5) is 15.4. The van der Waals surface area contributed by atoms with Crippen LogP contribution >= 0.6 is 0 Å². The molecular weight excluding hydrogens is 214 g/mol. The molecule has 0 heterocycles. The topological polar surface area (TPSA) is 49.6 Å². The minimum absolute atomic E-state index is 0.0101. The largest absolute Gasteiger partial charge is 0.330 e. The van der Waals surface area contributed by atoms with Crippen LogP contribution in [0.1, 0.15) is 12.0 Å². The molecule has 0 saturated heterocycles. The molecule has 4 heteroatoms. The number of hydrogen-bond donors (Lipinski definition) is 1. The molecular formula is C13H21N3O. The summed E-state index contributed by atoms with van der Waals surface area (Å²) in [6.07, 6.45) is 0.799. The van der Waals surface area contributed by atoms with Crippen molar-refractivity contribution in [2.75, 3.05) is 32.1 Å². The third-order valence-electron chi connectivity index (χ3n) is 2.51. The Hall–Kier alpha value is -1.55. The van der Waals surface area contributed by atoms with Gasteiger partial charge >= 0.3 is 6.03 Å². The van der Waals surface area contributed by atoms with E-state index in [2.05, 4.69) is 0 Å². The number of carbonyl (C=O) groups is 1. The van der Waals surface area contributed by atoms with Crippen molar-refractivity contribution in [2.45, 2.75) is 13.3 Å². The summed E-state index contributed by atoms with van der Waals surface area (Å²) < 4.78 is 0. The van der Waals surface area contributed by atoms with Crippen LogP contribution in [0, 0.1) is 6.92 Å². The molecule has 0 fully saturated rings. The molecule has 1 aromatic carbocycles. The summed E-state index contributed by atoms with van der Waals surface area (Å²) in [5.74, 6) is 0. The maximum atomic E-state index is 12.1. The van der Waals surface area contributed by atoms with Gasteiger partial charge in [-0.3, -0.25) is 4.90 Å². The predicted octanol–water partition coefficient (Wildman–Crippen LogP) is 1.83. The third kappa shape index (κ3) is 3.75. The smallest absolute Gasteiger partial charge is 0.323 e. The fraction of sp³-hybridized carbons (Fsp3) is 0.462. The van der Waals surface area contributed by atoms with Crippen LogP contribution < -0.4 is 10.6 Å². The second kappa shape index (κ2) is 6.25. The molecule has 94 valence electrons. The highest BCUT2D eigenvalue weighted by Gasteiger charge is 2.16. The molecule has 2 amide bonds. The van der Waals surface area contributed by atoms with Gasteiger partial charge < -0.3 is 10.6 Å². The van der Waals surface area contributed by atoms with Gasteiger partial charge in [0.25, 0.3) is 0 Å². The van der Waals surface area contributed by atoms with Crippen molar-refractivity contribution in [2.24, 2.45) is 5.73 Å². The predicted molar refractivity (Wildman–Crippen MR) is 71.3 cm³/mol. The van der Waals surface area contributed by atoms with Gasteiger partial charge in [0.05, 0.1) is 0 Å². The number of nitrogens with two attached hydrogens (primary N) is 1. The average Bonchev–Trinajstić information content (AvgIpc) is 2.29. The molecule has 0 aliphatic carbocycles. The summed E-state index contributed by atoms with van der Waals surface area (Å²) >= 11 is 0. The van der Waals surface area contributed by atoms with Crippen LogP contribution in [0.25, 0.3) is 0 Å². The van der Waals surface area contributed by atoms with Crippen molar-refractivity contribution >= 4 is 11.7 Å². The van der Waals surface area contributed by atoms with Crippen molar-refractivity contribution in [1.29, 1.82) is 0 Å². The van der Waals surface area contributed by atoms with Crippen LogP contribution in [0.3, 0.4) is 0 Å². The zero-order valence-electron chi connectivity index (χ0n) is 10.8. The van der Waals surface area contributed by atoms with E-state index in [0.29, 0.717) is 13.1 Å². The van der Waals surface area contributed by atoms with E-state index in [1.165, 1.54) is 0 Å². The van der Waals surface area contributed by atoms with E-state index in [4.69, 9.17) is 5.73 Å². The lowest BCUT2D eigenvalue weighted by atomic mass is 10.2. The van der Waals surface area contributed by atoms with Crippen molar-refractivity contribution in [3.8, 4) is 0 Å². The van der Waals surface area contributed by atoms with E-state index in [9.17, 15) is 4.79 Å². The second-order valence-corrected chi connectivity index (χ2v) is 4.31. The third-order valence-corrected chi connectivity index (χ3v) is 2.51. The van der Waals surface area contributed by atoms with Gasteiger partial charge in [-0.1, -0.05) is 12.1 Å². The molecule has 0 bridgehead atoms. The van der Waals surface area contributed by atoms with Crippen LogP contribution in [0.4, 0.5) is 10.5 Å². The highest BCUT2D eigenvalue weighted by atomic mass is 16.2. The van der Waals surface area contributed by atoms with Crippen LogP contribution in [0.2, 0.25) is 0 Å². The number of nitrogens with zero attached hydrogens (tertiary/aromatic N) is 2. The zero-order valence-corrected chi connectivity index (χ0v) is 10.8. The van der Waals surface area contributed by atoms with Gasteiger partial charge in [0.2, 0.25) is 0 Å². The molecule has 0 spiro atoms. The Morgan fingerprint density at radius 2 is 2.06 bits per heavy atom. The molecule has 0 saturated carbocycles. The number of amides is 2. The van der Waals surface area contributed by atoms with E-state index in [-0.39, 0.29) is 6.03 Å². The van der Waals surface area contributed by atoms with Crippen molar-refractivity contribution in [3.63, 3.8) is 0 Å². The van der Waals surface area contributed by atoms with Crippen molar-refractivity contribution < 1.29 is 4.79 Å². The molecule has 4 nitrogen and oxygen atoms in total. The van der Waals surface area contributed by atoms with Gasteiger partial charge in [0.1, 0.15) is 0 Å². The van der Waals surface area contributed by atoms with E-state index < -0.39 is 0 Å².